The van der Waals surface area contributed by atoms with E-state index in [1.165, 1.54) is 4.88 Å². The van der Waals surface area contributed by atoms with Crippen molar-refractivity contribution in [3.05, 3.63) is 22.4 Å². The largest absolute Gasteiger partial charge is 0.298 e. The molecule has 1 N–H and O–H groups in total. The molecule has 0 spiro atoms. The number of nitrogens with one attached hydrogen (secondary N) is 1. The summed E-state index contributed by atoms with van der Waals surface area (Å²) in [7, 11) is 0. The summed E-state index contributed by atoms with van der Waals surface area (Å²) in [5.74, 6) is 0.192. The van der Waals surface area contributed by atoms with Crippen LogP contribution in [-0.2, 0) is 11.2 Å². The van der Waals surface area contributed by atoms with E-state index in [2.05, 4.69) is 9.60 Å². The molecule has 12 heavy (non-hydrogen) atoms. The highest BCUT2D eigenvalue weighted by Gasteiger charge is 2.12. The first-order chi connectivity index (χ1) is 5.74. The van der Waals surface area contributed by atoms with E-state index in [-0.39, 0.29) is 11.8 Å². The maximum atomic E-state index is 11.0. The smallest absolute Gasteiger partial charge is 0.147 e. The fraction of sp³-hybridized carbons (Fsp3) is 0.375. The van der Waals surface area contributed by atoms with Gasteiger partial charge in [-0.15, -0.1) is 11.3 Å². The summed E-state index contributed by atoms with van der Waals surface area (Å²) in [4.78, 5) is 12.3. The third-order valence-electron chi connectivity index (χ3n) is 1.61. The third kappa shape index (κ3) is 2.84. The van der Waals surface area contributed by atoms with Gasteiger partial charge in [0.15, 0.2) is 0 Å². The number of Topliss-reactive ketones (excluding diaryl/α,β-unsaturated/α-hetero) is 1. The van der Waals surface area contributed by atoms with Crippen molar-refractivity contribution in [2.75, 3.05) is 0 Å². The predicted octanol–water partition coefficient (Wildman–Crippen LogP) is 2.19. The lowest BCUT2D eigenvalue weighted by molar-refractivity contribution is -0.118. The minimum absolute atomic E-state index is 0.0377. The van der Waals surface area contributed by atoms with Gasteiger partial charge in [-0.25, -0.2) is 0 Å². The summed E-state index contributed by atoms with van der Waals surface area (Å²) in [6.07, 6.45) is 0.802. The Morgan fingerprint density at radius 1 is 1.83 bits per heavy atom. The van der Waals surface area contributed by atoms with Gasteiger partial charge in [-0.3, -0.25) is 8.32 Å². The molecular formula is C8H10INOS. The molecule has 1 aromatic rings. The zero-order valence-electron chi connectivity index (χ0n) is 6.71. The number of rotatable bonds is 4. The maximum Gasteiger partial charge on any atom is 0.147 e. The topological polar surface area (TPSA) is 29.1 Å². The fourth-order valence-corrected chi connectivity index (χ4v) is 2.30. The Kier molecular flexibility index (Phi) is 4.17. The third-order valence-corrected chi connectivity index (χ3v) is 3.26. The average Bonchev–Trinajstić information content (AvgIpc) is 2.51. The average molecular weight is 295 g/mol. The van der Waals surface area contributed by atoms with Crippen LogP contribution in [0.4, 0.5) is 0 Å². The van der Waals surface area contributed by atoms with Gasteiger partial charge in [0.25, 0.3) is 0 Å². The first-order valence-electron chi connectivity index (χ1n) is 3.63. The van der Waals surface area contributed by atoms with Gasteiger partial charge < -0.3 is 0 Å². The monoisotopic (exact) mass is 295 g/mol. The minimum atomic E-state index is -0.0377. The molecule has 66 valence electrons. The van der Waals surface area contributed by atoms with Crippen molar-refractivity contribution in [3.8, 4) is 0 Å². The molecule has 0 fully saturated rings. The van der Waals surface area contributed by atoms with Gasteiger partial charge in [-0.2, -0.15) is 0 Å². The number of halogens is 1. The van der Waals surface area contributed by atoms with Crippen LogP contribution >= 0.6 is 34.2 Å². The molecule has 0 bridgehead atoms. The summed E-state index contributed by atoms with van der Waals surface area (Å²) < 4.78 is 2.97. The van der Waals surface area contributed by atoms with Crippen LogP contribution in [0, 0.1) is 0 Å². The van der Waals surface area contributed by atoms with Gasteiger partial charge in [0.1, 0.15) is 5.78 Å². The van der Waals surface area contributed by atoms with Crippen molar-refractivity contribution in [1.29, 1.82) is 0 Å². The first kappa shape index (κ1) is 10.1. The predicted molar refractivity (Wildman–Crippen MR) is 59.6 cm³/mol. The Morgan fingerprint density at radius 2 is 2.58 bits per heavy atom. The number of ketones is 1. The maximum absolute atomic E-state index is 11.0. The van der Waals surface area contributed by atoms with E-state index in [0.717, 1.165) is 6.42 Å². The Bertz CT molecular complexity index is 248. The summed E-state index contributed by atoms with van der Waals surface area (Å²) in [5.41, 5.74) is 0. The van der Waals surface area contributed by atoms with Crippen LogP contribution in [0.25, 0.3) is 0 Å². The van der Waals surface area contributed by atoms with E-state index in [1.807, 2.05) is 34.3 Å². The summed E-state index contributed by atoms with van der Waals surface area (Å²) >= 11 is 3.71. The molecular weight excluding hydrogens is 285 g/mol. The molecule has 0 amide bonds. The number of hydrogen-bond acceptors (Lipinski definition) is 3. The summed E-state index contributed by atoms with van der Waals surface area (Å²) in [6, 6.07) is 4.02. The van der Waals surface area contributed by atoms with E-state index in [0.29, 0.717) is 0 Å². The van der Waals surface area contributed by atoms with E-state index in [1.54, 1.807) is 18.3 Å². The van der Waals surface area contributed by atoms with Gasteiger partial charge in [0.05, 0.1) is 6.04 Å². The zero-order valence-corrected chi connectivity index (χ0v) is 9.68. The molecule has 1 atom stereocenters. The molecule has 0 radical (unpaired) electrons. The van der Waals surface area contributed by atoms with Gasteiger partial charge in [0.2, 0.25) is 0 Å². The van der Waals surface area contributed by atoms with E-state index in [9.17, 15) is 4.79 Å². The Hall–Kier alpha value is 0.0600. The van der Waals surface area contributed by atoms with Crippen LogP contribution in [0.2, 0.25) is 0 Å². The second kappa shape index (κ2) is 4.94. The normalized spacial score (nSPS) is 12.8. The minimum Gasteiger partial charge on any atom is -0.298 e. The second-order valence-corrected chi connectivity index (χ2v) is 4.21. The van der Waals surface area contributed by atoms with E-state index < -0.39 is 0 Å². The van der Waals surface area contributed by atoms with Crippen molar-refractivity contribution in [1.82, 2.24) is 3.53 Å². The Balaban J connectivity index is 2.54. The lowest BCUT2D eigenvalue weighted by Crippen LogP contribution is -2.30. The summed E-state index contributed by atoms with van der Waals surface area (Å²) in [5, 5.41) is 2.03. The zero-order chi connectivity index (χ0) is 8.97. The van der Waals surface area contributed by atoms with Gasteiger partial charge in [0, 0.05) is 34.2 Å². The van der Waals surface area contributed by atoms with Gasteiger partial charge in [-0.05, 0) is 18.4 Å². The number of thiophene rings is 1. The van der Waals surface area contributed by atoms with Gasteiger partial charge >= 0.3 is 0 Å². The van der Waals surface area contributed by atoms with Gasteiger partial charge in [-0.1, -0.05) is 6.07 Å². The highest BCUT2D eigenvalue weighted by Crippen LogP contribution is 2.11. The molecule has 1 heterocycles. The highest BCUT2D eigenvalue weighted by molar-refractivity contribution is 14.1. The molecule has 0 aliphatic carbocycles. The fourth-order valence-electron chi connectivity index (χ4n) is 0.889. The molecule has 1 rings (SSSR count). The quantitative estimate of drug-likeness (QED) is 0.681. The first-order valence-corrected chi connectivity index (χ1v) is 5.59. The Labute approximate surface area is 89.9 Å². The molecule has 0 saturated carbocycles. The SMILES string of the molecule is CC(=O)[C@H](Cc1cccs1)NI. The van der Waals surface area contributed by atoms with Crippen molar-refractivity contribution in [2.45, 2.75) is 19.4 Å². The van der Waals surface area contributed by atoms with Crippen molar-refractivity contribution >= 4 is 40.0 Å². The van der Waals surface area contributed by atoms with Crippen molar-refractivity contribution in [2.24, 2.45) is 0 Å². The van der Waals surface area contributed by atoms with Crippen LogP contribution in [0.15, 0.2) is 17.5 Å². The van der Waals surface area contributed by atoms with Crippen LogP contribution in [-0.4, -0.2) is 11.8 Å². The number of hydrogen-bond donors (Lipinski definition) is 1. The Morgan fingerprint density at radius 3 is 3.00 bits per heavy atom. The molecule has 0 unspecified atom stereocenters. The molecule has 0 saturated heterocycles. The summed E-state index contributed by atoms with van der Waals surface area (Å²) in [6.45, 7) is 1.62. The van der Waals surface area contributed by atoms with E-state index >= 15 is 0 Å². The van der Waals surface area contributed by atoms with Crippen molar-refractivity contribution < 1.29 is 4.79 Å². The number of carbonyl (C=O) groups is 1. The standard InChI is InChI=1S/C8H10INOS/c1-6(11)8(10-9)5-7-3-2-4-12-7/h2-4,8,10H,5H2,1H3/t8-/m0/s1. The molecule has 0 aliphatic heterocycles. The second-order valence-electron chi connectivity index (χ2n) is 2.56. The molecule has 2 nitrogen and oxygen atoms in total. The van der Waals surface area contributed by atoms with Crippen molar-refractivity contribution in [3.63, 3.8) is 0 Å². The van der Waals surface area contributed by atoms with Crippen LogP contribution < -0.4 is 3.53 Å². The van der Waals surface area contributed by atoms with Crippen LogP contribution in [0.3, 0.4) is 0 Å². The lowest BCUT2D eigenvalue weighted by atomic mass is 10.1. The van der Waals surface area contributed by atoms with Crippen LogP contribution in [0.1, 0.15) is 11.8 Å². The van der Waals surface area contributed by atoms with Crippen LogP contribution in [0.5, 0.6) is 0 Å². The van der Waals surface area contributed by atoms with E-state index in [4.69, 9.17) is 0 Å². The molecule has 1 aromatic heterocycles. The molecule has 4 heteroatoms. The lowest BCUT2D eigenvalue weighted by Gasteiger charge is -2.08. The number of carbonyl (C=O) groups excluding carboxylic acids is 1. The highest BCUT2D eigenvalue weighted by atomic mass is 127. The molecule has 0 aromatic carbocycles. The molecule has 0 aliphatic rings.